The maximum atomic E-state index is 12.1. The molecule has 1 aliphatic rings. The van der Waals surface area contributed by atoms with Gasteiger partial charge in [-0.3, -0.25) is 4.79 Å². The topological polar surface area (TPSA) is 38.3 Å². The van der Waals surface area contributed by atoms with E-state index < -0.39 is 0 Å². The van der Waals surface area contributed by atoms with Crippen molar-refractivity contribution in [3.63, 3.8) is 0 Å². The summed E-state index contributed by atoms with van der Waals surface area (Å²) in [5.74, 6) is 0.459. The van der Waals surface area contributed by atoms with Crippen LogP contribution in [0.3, 0.4) is 0 Å². The normalized spacial score (nSPS) is 16.4. The average molecular weight is 261 g/mol. The van der Waals surface area contributed by atoms with Crippen LogP contribution in [0, 0.1) is 5.41 Å². The van der Waals surface area contributed by atoms with Crippen molar-refractivity contribution in [1.82, 2.24) is 5.32 Å². The molecular formula is C16H23NO2. The van der Waals surface area contributed by atoms with Crippen molar-refractivity contribution in [2.75, 3.05) is 20.3 Å². The van der Waals surface area contributed by atoms with Crippen molar-refractivity contribution >= 4 is 5.91 Å². The molecule has 2 rings (SSSR count). The molecule has 0 spiro atoms. The molecule has 0 saturated heterocycles. The van der Waals surface area contributed by atoms with E-state index in [2.05, 4.69) is 25.2 Å². The van der Waals surface area contributed by atoms with Gasteiger partial charge in [-0.2, -0.15) is 0 Å². The molecule has 1 N–H and O–H groups in total. The first kappa shape index (κ1) is 14.1. The summed E-state index contributed by atoms with van der Waals surface area (Å²) in [6.07, 6.45) is 2.29. The minimum absolute atomic E-state index is 0.0184. The highest BCUT2D eigenvalue weighted by molar-refractivity contribution is 5.94. The third kappa shape index (κ3) is 3.57. The monoisotopic (exact) mass is 261 g/mol. The summed E-state index contributed by atoms with van der Waals surface area (Å²) < 4.78 is 5.21. The standard InChI is InChI=1S/C16H23NO2/c1-12(2)13-5-4-6-14(9-13)15(18)17-10-16(7-8-16)11-19-3/h4-6,9,12H,7-8,10-11H2,1-3H3,(H,17,18). The zero-order chi connectivity index (χ0) is 13.9. The summed E-state index contributed by atoms with van der Waals surface area (Å²) in [5, 5.41) is 3.03. The van der Waals surface area contributed by atoms with Gasteiger partial charge < -0.3 is 10.1 Å². The largest absolute Gasteiger partial charge is 0.384 e. The van der Waals surface area contributed by atoms with Crippen molar-refractivity contribution in [2.45, 2.75) is 32.6 Å². The molecule has 1 aromatic carbocycles. The predicted octanol–water partition coefficient (Wildman–Crippen LogP) is 2.97. The first-order chi connectivity index (χ1) is 9.06. The summed E-state index contributed by atoms with van der Waals surface area (Å²) >= 11 is 0. The van der Waals surface area contributed by atoms with Gasteiger partial charge in [0.05, 0.1) is 6.61 Å². The van der Waals surface area contributed by atoms with E-state index in [0.29, 0.717) is 12.5 Å². The first-order valence-electron chi connectivity index (χ1n) is 6.93. The van der Waals surface area contributed by atoms with E-state index in [4.69, 9.17) is 4.74 Å². The van der Waals surface area contributed by atoms with E-state index in [1.807, 2.05) is 18.2 Å². The van der Waals surface area contributed by atoms with Crippen molar-refractivity contribution in [2.24, 2.45) is 5.41 Å². The molecule has 1 saturated carbocycles. The number of methoxy groups -OCH3 is 1. The maximum absolute atomic E-state index is 12.1. The Morgan fingerprint density at radius 1 is 1.42 bits per heavy atom. The molecular weight excluding hydrogens is 238 g/mol. The van der Waals surface area contributed by atoms with Crippen molar-refractivity contribution in [1.29, 1.82) is 0 Å². The molecule has 19 heavy (non-hydrogen) atoms. The summed E-state index contributed by atoms with van der Waals surface area (Å²) in [6, 6.07) is 7.87. The van der Waals surface area contributed by atoms with Gasteiger partial charge in [0.2, 0.25) is 0 Å². The van der Waals surface area contributed by atoms with Gasteiger partial charge in [0.15, 0.2) is 0 Å². The Balaban J connectivity index is 1.95. The molecule has 1 aliphatic carbocycles. The van der Waals surface area contributed by atoms with Crippen LogP contribution in [0.25, 0.3) is 0 Å². The number of benzene rings is 1. The van der Waals surface area contributed by atoms with E-state index in [9.17, 15) is 4.79 Å². The Morgan fingerprint density at radius 3 is 2.74 bits per heavy atom. The Hall–Kier alpha value is -1.35. The fourth-order valence-corrected chi connectivity index (χ4v) is 2.26. The van der Waals surface area contributed by atoms with Gasteiger partial charge in [-0.1, -0.05) is 26.0 Å². The fraction of sp³-hybridized carbons (Fsp3) is 0.562. The third-order valence-electron chi connectivity index (χ3n) is 3.85. The number of hydrogen-bond donors (Lipinski definition) is 1. The molecule has 3 heteroatoms. The smallest absolute Gasteiger partial charge is 0.251 e. The second-order valence-corrected chi connectivity index (χ2v) is 5.90. The van der Waals surface area contributed by atoms with Gasteiger partial charge in [0.25, 0.3) is 5.91 Å². The van der Waals surface area contributed by atoms with E-state index in [0.717, 1.165) is 25.0 Å². The van der Waals surface area contributed by atoms with Crippen LogP contribution in [0.4, 0.5) is 0 Å². The Labute approximate surface area is 115 Å². The molecule has 1 amide bonds. The summed E-state index contributed by atoms with van der Waals surface area (Å²) in [4.78, 5) is 12.1. The minimum Gasteiger partial charge on any atom is -0.384 e. The second-order valence-electron chi connectivity index (χ2n) is 5.90. The number of ether oxygens (including phenoxy) is 1. The van der Waals surface area contributed by atoms with Crippen LogP contribution in [0.5, 0.6) is 0 Å². The zero-order valence-corrected chi connectivity index (χ0v) is 12.0. The van der Waals surface area contributed by atoms with E-state index in [1.54, 1.807) is 7.11 Å². The third-order valence-corrected chi connectivity index (χ3v) is 3.85. The fourth-order valence-electron chi connectivity index (χ4n) is 2.26. The summed E-state index contributed by atoms with van der Waals surface area (Å²) in [6.45, 7) is 5.72. The predicted molar refractivity (Wildman–Crippen MR) is 76.4 cm³/mol. The lowest BCUT2D eigenvalue weighted by atomic mass is 10.0. The number of hydrogen-bond acceptors (Lipinski definition) is 2. The minimum atomic E-state index is 0.0184. The van der Waals surface area contributed by atoms with Crippen LogP contribution in [-0.2, 0) is 4.74 Å². The number of amides is 1. The Bertz CT molecular complexity index is 450. The van der Waals surface area contributed by atoms with Gasteiger partial charge in [-0.25, -0.2) is 0 Å². The van der Waals surface area contributed by atoms with Crippen LogP contribution < -0.4 is 5.32 Å². The molecule has 0 bridgehead atoms. The van der Waals surface area contributed by atoms with Crippen molar-refractivity contribution in [3.05, 3.63) is 35.4 Å². The molecule has 3 nitrogen and oxygen atoms in total. The van der Waals surface area contributed by atoms with Gasteiger partial charge in [-0.15, -0.1) is 0 Å². The van der Waals surface area contributed by atoms with Crippen molar-refractivity contribution < 1.29 is 9.53 Å². The van der Waals surface area contributed by atoms with E-state index in [1.165, 1.54) is 5.56 Å². The van der Waals surface area contributed by atoms with Crippen LogP contribution in [0.15, 0.2) is 24.3 Å². The van der Waals surface area contributed by atoms with Crippen molar-refractivity contribution in [3.8, 4) is 0 Å². The van der Waals surface area contributed by atoms with Crippen LogP contribution >= 0.6 is 0 Å². The lowest BCUT2D eigenvalue weighted by molar-refractivity contribution is 0.0919. The van der Waals surface area contributed by atoms with Gasteiger partial charge in [-0.05, 0) is 36.5 Å². The molecule has 1 aromatic rings. The number of rotatable bonds is 6. The summed E-state index contributed by atoms with van der Waals surface area (Å²) in [7, 11) is 1.72. The average Bonchev–Trinajstić information content (AvgIpc) is 3.17. The molecule has 0 unspecified atom stereocenters. The Kier molecular flexibility index (Phi) is 4.25. The number of nitrogens with one attached hydrogen (secondary N) is 1. The molecule has 1 fully saturated rings. The molecule has 0 aromatic heterocycles. The van der Waals surface area contributed by atoms with E-state index in [-0.39, 0.29) is 11.3 Å². The van der Waals surface area contributed by atoms with Crippen LogP contribution in [0.2, 0.25) is 0 Å². The first-order valence-corrected chi connectivity index (χ1v) is 6.93. The highest BCUT2D eigenvalue weighted by Crippen LogP contribution is 2.45. The van der Waals surface area contributed by atoms with Gasteiger partial charge in [0.1, 0.15) is 0 Å². The molecule has 0 heterocycles. The van der Waals surface area contributed by atoms with Crippen LogP contribution in [-0.4, -0.2) is 26.2 Å². The quantitative estimate of drug-likeness (QED) is 0.855. The second kappa shape index (κ2) is 5.74. The summed E-state index contributed by atoms with van der Waals surface area (Å²) in [5.41, 5.74) is 2.14. The van der Waals surface area contributed by atoms with E-state index >= 15 is 0 Å². The molecule has 0 radical (unpaired) electrons. The maximum Gasteiger partial charge on any atom is 0.251 e. The van der Waals surface area contributed by atoms with Gasteiger partial charge >= 0.3 is 0 Å². The molecule has 0 aliphatic heterocycles. The van der Waals surface area contributed by atoms with Gasteiger partial charge in [0, 0.05) is 24.6 Å². The molecule has 0 atom stereocenters. The number of carbonyl (C=O) groups excluding carboxylic acids is 1. The Morgan fingerprint density at radius 2 is 2.16 bits per heavy atom. The zero-order valence-electron chi connectivity index (χ0n) is 12.0. The highest BCUT2D eigenvalue weighted by atomic mass is 16.5. The van der Waals surface area contributed by atoms with Crippen LogP contribution in [0.1, 0.15) is 48.5 Å². The molecule has 104 valence electrons. The SMILES string of the molecule is COCC1(CNC(=O)c2cccc(C(C)C)c2)CC1. The number of carbonyl (C=O) groups is 1. The highest BCUT2D eigenvalue weighted by Gasteiger charge is 2.42. The lowest BCUT2D eigenvalue weighted by Gasteiger charge is -2.15. The lowest BCUT2D eigenvalue weighted by Crippen LogP contribution is -2.32.